The topological polar surface area (TPSA) is 90.6 Å². The predicted octanol–water partition coefficient (Wildman–Crippen LogP) is 0.619. The van der Waals surface area contributed by atoms with E-state index in [1.54, 1.807) is 0 Å². The van der Waals surface area contributed by atoms with E-state index >= 15 is 0 Å². The van der Waals surface area contributed by atoms with Crippen LogP contribution in [0, 0.1) is 5.82 Å². The smallest absolute Gasteiger partial charge is 0.238 e. The first-order valence-electron chi connectivity index (χ1n) is 6.51. The molecule has 1 fully saturated rings. The van der Waals surface area contributed by atoms with Crippen LogP contribution >= 0.6 is 0 Å². The maximum Gasteiger partial charge on any atom is 0.238 e. The molecule has 0 spiro atoms. The summed E-state index contributed by atoms with van der Waals surface area (Å²) in [6.07, 6.45) is -0.203. The van der Waals surface area contributed by atoms with E-state index in [2.05, 4.69) is 5.32 Å². The number of rotatable bonds is 4. The van der Waals surface area contributed by atoms with Crippen molar-refractivity contribution in [1.29, 1.82) is 0 Å². The van der Waals surface area contributed by atoms with Gasteiger partial charge < -0.3 is 14.8 Å². The van der Waals surface area contributed by atoms with Gasteiger partial charge >= 0.3 is 0 Å². The molecule has 6 nitrogen and oxygen atoms in total. The number of sulfonamides is 1. The van der Waals surface area contributed by atoms with Crippen LogP contribution in [0.4, 0.5) is 4.39 Å². The third-order valence-corrected chi connectivity index (χ3v) is 3.98. The second-order valence-corrected chi connectivity index (χ2v) is 7.14. The van der Waals surface area contributed by atoms with Crippen LogP contribution in [0.2, 0.25) is 0 Å². The highest BCUT2D eigenvalue weighted by molar-refractivity contribution is 7.89. The molecule has 1 heterocycles. The summed E-state index contributed by atoms with van der Waals surface area (Å²) >= 11 is 0. The molecule has 0 radical (unpaired) electrons. The summed E-state index contributed by atoms with van der Waals surface area (Å²) in [5.41, 5.74) is -0.303. The van der Waals surface area contributed by atoms with E-state index in [1.165, 1.54) is 12.1 Å². The Morgan fingerprint density at radius 2 is 2.24 bits per heavy atom. The van der Waals surface area contributed by atoms with Gasteiger partial charge in [-0.25, -0.2) is 17.9 Å². The third-order valence-electron chi connectivity index (χ3n) is 3.07. The lowest BCUT2D eigenvalue weighted by atomic mass is 10.1. The van der Waals surface area contributed by atoms with E-state index in [9.17, 15) is 12.8 Å². The summed E-state index contributed by atoms with van der Waals surface area (Å²) in [5.74, 6) is -0.807. The monoisotopic (exact) mass is 318 g/mol. The van der Waals surface area contributed by atoms with E-state index in [0.717, 1.165) is 12.6 Å². The first-order chi connectivity index (χ1) is 9.67. The summed E-state index contributed by atoms with van der Waals surface area (Å²) in [6, 6.07) is 3.29. The van der Waals surface area contributed by atoms with Gasteiger partial charge in [0.15, 0.2) is 11.6 Å². The Kier molecular flexibility index (Phi) is 4.52. The van der Waals surface area contributed by atoms with E-state index in [0.29, 0.717) is 6.54 Å². The van der Waals surface area contributed by atoms with Crippen molar-refractivity contribution in [3.05, 3.63) is 24.0 Å². The molecule has 0 bridgehead atoms. The normalized spacial score (nSPS) is 22.0. The van der Waals surface area contributed by atoms with E-state index in [4.69, 9.17) is 14.6 Å². The molecule has 0 amide bonds. The van der Waals surface area contributed by atoms with Crippen LogP contribution in [0.15, 0.2) is 23.1 Å². The summed E-state index contributed by atoms with van der Waals surface area (Å²) in [6.45, 7) is 5.42. The molecular formula is C13H19FN2O4S. The molecule has 118 valence electrons. The molecule has 1 aromatic rings. The maximum absolute atomic E-state index is 13.8. The Morgan fingerprint density at radius 3 is 2.81 bits per heavy atom. The fourth-order valence-corrected chi connectivity index (χ4v) is 2.65. The number of ether oxygens (including phenoxy) is 2. The largest absolute Gasteiger partial charge is 0.488 e. The number of hydrogen-bond acceptors (Lipinski definition) is 5. The van der Waals surface area contributed by atoms with Gasteiger partial charge in [-0.1, -0.05) is 0 Å². The molecule has 1 aliphatic heterocycles. The average Bonchev–Trinajstić information content (AvgIpc) is 2.35. The minimum atomic E-state index is -3.92. The van der Waals surface area contributed by atoms with Crippen molar-refractivity contribution in [2.24, 2.45) is 5.14 Å². The molecule has 0 aromatic heterocycles. The summed E-state index contributed by atoms with van der Waals surface area (Å²) in [5, 5.41) is 8.14. The lowest BCUT2D eigenvalue weighted by Crippen LogP contribution is -2.52. The molecular weight excluding hydrogens is 299 g/mol. The Labute approximate surface area is 123 Å². The summed E-state index contributed by atoms with van der Waals surface area (Å²) < 4.78 is 47.2. The van der Waals surface area contributed by atoms with Gasteiger partial charge in [-0.05, 0) is 32.0 Å². The zero-order chi connectivity index (χ0) is 15.7. The molecule has 1 aliphatic rings. The van der Waals surface area contributed by atoms with Crippen molar-refractivity contribution in [3.8, 4) is 5.75 Å². The first-order valence-corrected chi connectivity index (χ1v) is 8.06. The highest BCUT2D eigenvalue weighted by Gasteiger charge is 2.28. The van der Waals surface area contributed by atoms with E-state index in [1.807, 2.05) is 13.8 Å². The molecule has 8 heteroatoms. The van der Waals surface area contributed by atoms with Crippen LogP contribution in [0.25, 0.3) is 0 Å². The SMILES string of the molecule is CC1(C)CNCC(COc2ccc(S(N)(=O)=O)cc2F)O1. The quantitative estimate of drug-likeness (QED) is 0.849. The number of benzene rings is 1. The van der Waals surface area contributed by atoms with Gasteiger partial charge in [-0.15, -0.1) is 0 Å². The Bertz CT molecular complexity index is 619. The lowest BCUT2D eigenvalue weighted by Gasteiger charge is -2.36. The van der Waals surface area contributed by atoms with Crippen LogP contribution < -0.4 is 15.2 Å². The molecule has 1 aromatic carbocycles. The highest BCUT2D eigenvalue weighted by Crippen LogP contribution is 2.22. The number of primary sulfonamides is 1. The Balaban J connectivity index is 2.01. The van der Waals surface area contributed by atoms with Crippen molar-refractivity contribution in [3.63, 3.8) is 0 Å². The summed E-state index contributed by atoms with van der Waals surface area (Å²) in [7, 11) is -3.92. The average molecular weight is 318 g/mol. The van der Waals surface area contributed by atoms with Crippen molar-refractivity contribution in [1.82, 2.24) is 5.32 Å². The molecule has 3 N–H and O–H groups in total. The van der Waals surface area contributed by atoms with Crippen molar-refractivity contribution >= 4 is 10.0 Å². The van der Waals surface area contributed by atoms with Crippen LogP contribution in [-0.2, 0) is 14.8 Å². The lowest BCUT2D eigenvalue weighted by molar-refractivity contribution is -0.107. The number of hydrogen-bond donors (Lipinski definition) is 2. The van der Waals surface area contributed by atoms with Crippen molar-refractivity contribution in [2.45, 2.75) is 30.4 Å². The van der Waals surface area contributed by atoms with Crippen LogP contribution in [0.5, 0.6) is 5.75 Å². The van der Waals surface area contributed by atoms with Crippen LogP contribution in [0.1, 0.15) is 13.8 Å². The molecule has 0 saturated carbocycles. The van der Waals surface area contributed by atoms with Gasteiger partial charge in [-0.3, -0.25) is 0 Å². The van der Waals surface area contributed by atoms with Crippen LogP contribution in [0.3, 0.4) is 0 Å². The third kappa shape index (κ3) is 4.37. The highest BCUT2D eigenvalue weighted by atomic mass is 32.2. The van der Waals surface area contributed by atoms with Gasteiger partial charge in [-0.2, -0.15) is 0 Å². The fourth-order valence-electron chi connectivity index (χ4n) is 2.12. The van der Waals surface area contributed by atoms with Crippen molar-refractivity contribution in [2.75, 3.05) is 19.7 Å². The minimum Gasteiger partial charge on any atom is -0.488 e. The standard InChI is InChI=1S/C13H19FN2O4S/c1-13(2)8-16-6-9(20-13)7-19-12-4-3-10(5-11(12)14)21(15,17)18/h3-5,9,16H,6-8H2,1-2H3,(H2,15,17,18). The van der Waals surface area contributed by atoms with Gasteiger partial charge in [0.2, 0.25) is 10.0 Å². The second kappa shape index (κ2) is 5.88. The fraction of sp³-hybridized carbons (Fsp3) is 0.538. The minimum absolute atomic E-state index is 0.0330. The van der Waals surface area contributed by atoms with Gasteiger partial charge in [0.25, 0.3) is 0 Å². The van der Waals surface area contributed by atoms with Gasteiger partial charge in [0.1, 0.15) is 12.7 Å². The van der Waals surface area contributed by atoms with Gasteiger partial charge in [0, 0.05) is 13.1 Å². The first kappa shape index (κ1) is 16.2. The molecule has 1 unspecified atom stereocenters. The molecule has 1 atom stereocenters. The molecule has 1 saturated heterocycles. The van der Waals surface area contributed by atoms with Crippen LogP contribution in [-0.4, -0.2) is 39.8 Å². The zero-order valence-corrected chi connectivity index (χ0v) is 12.7. The Hall–Kier alpha value is -1.22. The zero-order valence-electron chi connectivity index (χ0n) is 11.9. The number of nitrogens with one attached hydrogen (secondary N) is 1. The number of nitrogens with two attached hydrogens (primary N) is 1. The number of morpholine rings is 1. The van der Waals surface area contributed by atoms with Crippen molar-refractivity contribution < 1.29 is 22.3 Å². The molecule has 0 aliphatic carbocycles. The molecule has 2 rings (SSSR count). The molecule has 21 heavy (non-hydrogen) atoms. The summed E-state index contributed by atoms with van der Waals surface area (Å²) in [4.78, 5) is -0.288. The van der Waals surface area contributed by atoms with Gasteiger partial charge in [0.05, 0.1) is 10.5 Å². The predicted molar refractivity (Wildman–Crippen MR) is 75.1 cm³/mol. The second-order valence-electron chi connectivity index (χ2n) is 5.58. The maximum atomic E-state index is 13.8. The Morgan fingerprint density at radius 1 is 1.52 bits per heavy atom. The number of halogens is 1. The van der Waals surface area contributed by atoms with E-state index in [-0.39, 0.29) is 29.0 Å². The van der Waals surface area contributed by atoms with E-state index < -0.39 is 15.8 Å².